The van der Waals surface area contributed by atoms with Crippen LogP contribution in [0.1, 0.15) is 44.2 Å². The normalized spacial score (nSPS) is 21.2. The van der Waals surface area contributed by atoms with E-state index >= 15 is 0 Å². The number of carboxylic acids is 1. The summed E-state index contributed by atoms with van der Waals surface area (Å²) in [7, 11) is 0. The number of hydrogen-bond donors (Lipinski definition) is 2. The Balaban J connectivity index is 1.47. The molecule has 0 spiro atoms. The van der Waals surface area contributed by atoms with Crippen LogP contribution in [0.25, 0.3) is 11.1 Å². The predicted molar refractivity (Wildman–Crippen MR) is 125 cm³/mol. The van der Waals surface area contributed by atoms with Gasteiger partial charge in [-0.2, -0.15) is 0 Å². The topological polar surface area (TPSA) is 105 Å². The molecular weight excluding hydrogens is 436 g/mol. The van der Waals surface area contributed by atoms with Crippen LogP contribution in [0.2, 0.25) is 0 Å². The number of alkyl carbamates (subject to hydrolysis) is 1. The van der Waals surface area contributed by atoms with Crippen molar-refractivity contribution in [3.8, 4) is 11.1 Å². The van der Waals surface area contributed by atoms with Gasteiger partial charge < -0.3 is 24.8 Å². The van der Waals surface area contributed by atoms with Crippen LogP contribution in [-0.2, 0) is 19.1 Å². The number of hydrogen-bond acceptors (Lipinski definition) is 5. The Morgan fingerprint density at radius 1 is 1.12 bits per heavy atom. The van der Waals surface area contributed by atoms with E-state index in [1.807, 2.05) is 36.4 Å². The van der Waals surface area contributed by atoms with Gasteiger partial charge in [0.15, 0.2) is 6.04 Å². The number of rotatable bonds is 6. The minimum Gasteiger partial charge on any atom is -0.480 e. The average Bonchev–Trinajstić information content (AvgIpc) is 3.15. The van der Waals surface area contributed by atoms with Crippen molar-refractivity contribution < 1.29 is 29.0 Å². The van der Waals surface area contributed by atoms with Crippen molar-refractivity contribution >= 4 is 18.0 Å². The molecule has 2 amide bonds. The molecule has 0 bridgehead atoms. The van der Waals surface area contributed by atoms with E-state index in [1.54, 1.807) is 20.8 Å². The molecule has 1 fully saturated rings. The SMILES string of the molecule is CCC(C)(NC(=O)OCC1c2ccccc2-c2ccccc21)C(=O)N1CCOC(C)C1C(=O)O. The molecule has 0 saturated carbocycles. The number of amides is 2. The Hall–Kier alpha value is -3.39. The van der Waals surface area contributed by atoms with E-state index < -0.39 is 35.7 Å². The summed E-state index contributed by atoms with van der Waals surface area (Å²) in [5.74, 6) is -1.70. The Morgan fingerprint density at radius 3 is 2.26 bits per heavy atom. The minimum absolute atomic E-state index is 0.0989. The maximum Gasteiger partial charge on any atom is 0.408 e. The maximum atomic E-state index is 13.4. The second-order valence-electron chi connectivity index (χ2n) is 8.99. The summed E-state index contributed by atoms with van der Waals surface area (Å²) in [5, 5.41) is 12.3. The molecule has 2 N–H and O–H groups in total. The summed E-state index contributed by atoms with van der Waals surface area (Å²) in [6, 6.07) is 15.0. The van der Waals surface area contributed by atoms with Gasteiger partial charge in [-0.3, -0.25) is 4.79 Å². The zero-order valence-corrected chi connectivity index (χ0v) is 19.6. The number of nitrogens with one attached hydrogen (secondary N) is 1. The highest BCUT2D eigenvalue weighted by Crippen LogP contribution is 2.44. The van der Waals surface area contributed by atoms with Crippen molar-refractivity contribution in [3.63, 3.8) is 0 Å². The van der Waals surface area contributed by atoms with E-state index in [4.69, 9.17) is 9.47 Å². The minimum atomic E-state index is -1.31. The summed E-state index contributed by atoms with van der Waals surface area (Å²) in [6.07, 6.45) is -1.09. The zero-order valence-electron chi connectivity index (χ0n) is 19.6. The lowest BCUT2D eigenvalue weighted by Gasteiger charge is -2.41. The number of carbonyl (C=O) groups is 3. The predicted octanol–water partition coefficient (Wildman–Crippen LogP) is 3.39. The van der Waals surface area contributed by atoms with E-state index in [2.05, 4.69) is 17.4 Å². The molecule has 3 atom stereocenters. The fourth-order valence-electron chi connectivity index (χ4n) is 4.85. The van der Waals surface area contributed by atoms with E-state index in [0.717, 1.165) is 22.3 Å². The van der Waals surface area contributed by atoms with E-state index in [0.29, 0.717) is 0 Å². The maximum absolute atomic E-state index is 13.4. The number of benzene rings is 2. The number of nitrogens with zero attached hydrogens (tertiary/aromatic N) is 1. The van der Waals surface area contributed by atoms with Gasteiger partial charge in [-0.15, -0.1) is 0 Å². The number of morpholine rings is 1. The third-order valence-electron chi connectivity index (χ3n) is 6.91. The highest BCUT2D eigenvalue weighted by atomic mass is 16.5. The number of aliphatic carboxylic acids is 1. The van der Waals surface area contributed by atoms with Gasteiger partial charge in [-0.1, -0.05) is 55.5 Å². The van der Waals surface area contributed by atoms with Crippen LogP contribution in [0.3, 0.4) is 0 Å². The molecule has 2 aromatic rings. The molecule has 180 valence electrons. The Bertz CT molecular complexity index is 1060. The van der Waals surface area contributed by atoms with Crippen LogP contribution in [-0.4, -0.2) is 65.4 Å². The molecule has 0 radical (unpaired) electrons. The fraction of sp³-hybridized carbons (Fsp3) is 0.423. The Morgan fingerprint density at radius 2 is 1.71 bits per heavy atom. The zero-order chi connectivity index (χ0) is 24.5. The van der Waals surface area contributed by atoms with Crippen molar-refractivity contribution in [2.45, 2.75) is 50.8 Å². The van der Waals surface area contributed by atoms with E-state index in [9.17, 15) is 19.5 Å². The second-order valence-corrected chi connectivity index (χ2v) is 8.99. The van der Waals surface area contributed by atoms with Gasteiger partial charge in [0.05, 0.1) is 12.7 Å². The molecule has 8 nitrogen and oxygen atoms in total. The first-order chi connectivity index (χ1) is 16.3. The van der Waals surface area contributed by atoms with Crippen molar-refractivity contribution in [2.24, 2.45) is 0 Å². The molecule has 1 aliphatic heterocycles. The Labute approximate surface area is 198 Å². The number of ether oxygens (including phenoxy) is 2. The van der Waals surface area contributed by atoms with Crippen molar-refractivity contribution in [1.29, 1.82) is 0 Å². The van der Waals surface area contributed by atoms with Gasteiger partial charge in [0.25, 0.3) is 0 Å². The molecule has 8 heteroatoms. The van der Waals surface area contributed by atoms with Crippen LogP contribution >= 0.6 is 0 Å². The van der Waals surface area contributed by atoms with Gasteiger partial charge >= 0.3 is 12.1 Å². The van der Waals surface area contributed by atoms with Crippen LogP contribution < -0.4 is 5.32 Å². The first-order valence-corrected chi connectivity index (χ1v) is 11.6. The van der Waals surface area contributed by atoms with Crippen LogP contribution in [0.5, 0.6) is 0 Å². The number of fused-ring (bicyclic) bond motifs is 3. The Kier molecular flexibility index (Phi) is 6.61. The highest BCUT2D eigenvalue weighted by molar-refractivity contribution is 5.92. The summed E-state index contributed by atoms with van der Waals surface area (Å²) in [6.45, 7) is 5.49. The van der Waals surface area contributed by atoms with Gasteiger partial charge in [-0.05, 0) is 42.5 Å². The van der Waals surface area contributed by atoms with Gasteiger partial charge in [0.1, 0.15) is 12.1 Å². The summed E-state index contributed by atoms with van der Waals surface area (Å²) >= 11 is 0. The smallest absolute Gasteiger partial charge is 0.408 e. The van der Waals surface area contributed by atoms with Gasteiger partial charge in [0, 0.05) is 12.5 Å². The summed E-state index contributed by atoms with van der Waals surface area (Å²) < 4.78 is 11.0. The van der Waals surface area contributed by atoms with Crippen molar-refractivity contribution in [3.05, 3.63) is 59.7 Å². The fourth-order valence-corrected chi connectivity index (χ4v) is 4.85. The average molecular weight is 467 g/mol. The van der Waals surface area contributed by atoms with Crippen LogP contribution in [0.4, 0.5) is 4.79 Å². The molecule has 2 aromatic carbocycles. The van der Waals surface area contributed by atoms with Crippen LogP contribution in [0, 0.1) is 0 Å². The highest BCUT2D eigenvalue weighted by Gasteiger charge is 2.45. The third kappa shape index (κ3) is 4.25. The monoisotopic (exact) mass is 466 g/mol. The summed E-state index contributed by atoms with van der Waals surface area (Å²) in [5.41, 5.74) is 3.13. The molecule has 1 heterocycles. The van der Waals surface area contributed by atoms with Crippen LogP contribution in [0.15, 0.2) is 48.5 Å². The van der Waals surface area contributed by atoms with Gasteiger partial charge in [0.2, 0.25) is 5.91 Å². The molecular formula is C26H30N2O6. The quantitative estimate of drug-likeness (QED) is 0.676. The van der Waals surface area contributed by atoms with Gasteiger partial charge in [-0.25, -0.2) is 9.59 Å². The van der Waals surface area contributed by atoms with E-state index in [1.165, 1.54) is 4.90 Å². The number of carbonyl (C=O) groups excluding carboxylic acids is 2. The molecule has 2 aliphatic rings. The second kappa shape index (κ2) is 9.46. The lowest BCUT2D eigenvalue weighted by molar-refractivity contribution is -0.167. The molecule has 1 saturated heterocycles. The molecule has 1 aliphatic carbocycles. The van der Waals surface area contributed by atoms with Crippen molar-refractivity contribution in [2.75, 3.05) is 19.8 Å². The summed E-state index contributed by atoms with van der Waals surface area (Å²) in [4.78, 5) is 39.3. The lowest BCUT2D eigenvalue weighted by Crippen LogP contribution is -2.65. The molecule has 3 unspecified atom stereocenters. The standard InChI is InChI=1S/C26H30N2O6/c1-4-26(3,24(31)28-13-14-33-16(2)22(28)23(29)30)27-25(32)34-15-21-19-11-7-5-9-17(19)18-10-6-8-12-20(18)21/h5-12,16,21-22H,4,13-15H2,1-3H3,(H,27,32)(H,29,30). The lowest BCUT2D eigenvalue weighted by atomic mass is 9.94. The first-order valence-electron chi connectivity index (χ1n) is 11.6. The first kappa shape index (κ1) is 23.8. The number of carboxylic acid groups (broad SMARTS) is 1. The largest absolute Gasteiger partial charge is 0.480 e. The third-order valence-corrected chi connectivity index (χ3v) is 6.91. The molecule has 4 rings (SSSR count). The van der Waals surface area contributed by atoms with Crippen molar-refractivity contribution in [1.82, 2.24) is 10.2 Å². The molecule has 0 aromatic heterocycles. The van der Waals surface area contributed by atoms with E-state index in [-0.39, 0.29) is 32.1 Å². The molecule has 34 heavy (non-hydrogen) atoms.